The number of carboxylic acids is 1. The molecule has 0 saturated carbocycles. The Morgan fingerprint density at radius 3 is 2.55 bits per heavy atom. The largest absolute Gasteiger partial charge is 0.481 e. The van der Waals surface area contributed by atoms with E-state index in [-0.39, 0.29) is 43.7 Å². The predicted octanol–water partition coefficient (Wildman–Crippen LogP) is 0.183. The average Bonchev–Trinajstić information content (AvgIpc) is 3.09. The Morgan fingerprint density at radius 2 is 1.87 bits per heavy atom. The van der Waals surface area contributed by atoms with E-state index in [1.54, 1.807) is 23.1 Å². The SMILES string of the molecule is O=C1CCC(N2Cc3c(NCC(=O)N4CCC(C(=O)O)CC4)cccc3C2=O)C(=O)N1. The molecule has 2 fully saturated rings. The fourth-order valence-electron chi connectivity index (χ4n) is 4.41. The van der Waals surface area contributed by atoms with E-state index in [1.807, 2.05) is 0 Å². The van der Waals surface area contributed by atoms with Crippen LogP contribution in [-0.2, 0) is 25.7 Å². The molecule has 2 saturated heterocycles. The summed E-state index contributed by atoms with van der Waals surface area (Å²) in [4.78, 5) is 63.2. The molecule has 0 spiro atoms. The summed E-state index contributed by atoms with van der Waals surface area (Å²) in [6, 6.07) is 4.50. The lowest BCUT2D eigenvalue weighted by molar-refractivity contribution is -0.145. The quantitative estimate of drug-likeness (QED) is 0.569. The maximum Gasteiger partial charge on any atom is 0.306 e. The van der Waals surface area contributed by atoms with Gasteiger partial charge in [0.1, 0.15) is 6.04 Å². The van der Waals surface area contributed by atoms with Crippen LogP contribution in [0, 0.1) is 5.92 Å². The zero-order chi connectivity index (χ0) is 22.1. The van der Waals surface area contributed by atoms with Crippen LogP contribution >= 0.6 is 0 Å². The van der Waals surface area contributed by atoms with Crippen molar-refractivity contribution in [3.8, 4) is 0 Å². The number of hydrogen-bond acceptors (Lipinski definition) is 6. The molecular formula is C21H24N4O6. The second-order valence-electron chi connectivity index (χ2n) is 8.08. The van der Waals surface area contributed by atoms with Crippen molar-refractivity contribution in [2.24, 2.45) is 5.92 Å². The molecule has 3 aliphatic rings. The zero-order valence-corrected chi connectivity index (χ0v) is 16.9. The number of hydrogen-bond donors (Lipinski definition) is 3. The van der Waals surface area contributed by atoms with Crippen LogP contribution in [0.5, 0.6) is 0 Å². The van der Waals surface area contributed by atoms with E-state index in [0.717, 1.165) is 5.56 Å². The van der Waals surface area contributed by atoms with Crippen molar-refractivity contribution in [2.75, 3.05) is 25.0 Å². The monoisotopic (exact) mass is 428 g/mol. The molecule has 1 atom stereocenters. The van der Waals surface area contributed by atoms with Gasteiger partial charge in [-0.3, -0.25) is 29.3 Å². The van der Waals surface area contributed by atoms with Crippen molar-refractivity contribution in [3.05, 3.63) is 29.3 Å². The van der Waals surface area contributed by atoms with Gasteiger partial charge in [-0.1, -0.05) is 6.07 Å². The Balaban J connectivity index is 1.40. The Labute approximate surface area is 178 Å². The number of carbonyl (C=O) groups is 5. The number of nitrogens with one attached hydrogen (secondary N) is 2. The second-order valence-corrected chi connectivity index (χ2v) is 8.08. The first-order valence-electron chi connectivity index (χ1n) is 10.4. The van der Waals surface area contributed by atoms with Gasteiger partial charge in [0.05, 0.1) is 12.5 Å². The number of carboxylic acid groups (broad SMARTS) is 1. The highest BCUT2D eigenvalue weighted by Gasteiger charge is 2.39. The van der Waals surface area contributed by atoms with Gasteiger partial charge in [-0.25, -0.2) is 0 Å². The van der Waals surface area contributed by atoms with Gasteiger partial charge in [-0.15, -0.1) is 0 Å². The summed E-state index contributed by atoms with van der Waals surface area (Å²) in [7, 11) is 0. The summed E-state index contributed by atoms with van der Waals surface area (Å²) in [6.07, 6.45) is 1.36. The summed E-state index contributed by atoms with van der Waals surface area (Å²) in [5, 5.41) is 14.5. The average molecular weight is 428 g/mol. The van der Waals surface area contributed by atoms with Gasteiger partial charge in [-0.2, -0.15) is 0 Å². The molecule has 10 heteroatoms. The van der Waals surface area contributed by atoms with E-state index < -0.39 is 23.8 Å². The number of carbonyl (C=O) groups excluding carboxylic acids is 4. The van der Waals surface area contributed by atoms with E-state index in [1.165, 1.54) is 4.90 Å². The first-order valence-corrected chi connectivity index (χ1v) is 10.4. The second kappa shape index (κ2) is 8.37. The fourth-order valence-corrected chi connectivity index (χ4v) is 4.41. The first-order chi connectivity index (χ1) is 14.8. The number of imide groups is 1. The number of likely N-dealkylation sites (tertiary alicyclic amines) is 1. The van der Waals surface area contributed by atoms with Gasteiger partial charge in [0.15, 0.2) is 0 Å². The number of rotatable bonds is 5. The van der Waals surface area contributed by atoms with Gasteiger partial charge in [0.2, 0.25) is 17.7 Å². The fraction of sp³-hybridized carbons (Fsp3) is 0.476. The van der Waals surface area contributed by atoms with E-state index in [2.05, 4.69) is 10.6 Å². The van der Waals surface area contributed by atoms with Crippen molar-refractivity contribution in [1.82, 2.24) is 15.1 Å². The lowest BCUT2D eigenvalue weighted by atomic mass is 9.97. The minimum atomic E-state index is -0.824. The maximum atomic E-state index is 12.9. The summed E-state index contributed by atoms with van der Waals surface area (Å²) in [5.74, 6) is -2.43. The van der Waals surface area contributed by atoms with Crippen LogP contribution in [0.2, 0.25) is 0 Å². The van der Waals surface area contributed by atoms with Crippen molar-refractivity contribution in [2.45, 2.75) is 38.3 Å². The minimum Gasteiger partial charge on any atom is -0.481 e. The third kappa shape index (κ3) is 4.10. The Morgan fingerprint density at radius 1 is 1.13 bits per heavy atom. The van der Waals surface area contributed by atoms with Crippen LogP contribution in [0.1, 0.15) is 41.6 Å². The van der Waals surface area contributed by atoms with E-state index in [0.29, 0.717) is 37.2 Å². The maximum absolute atomic E-state index is 12.9. The summed E-state index contributed by atoms with van der Waals surface area (Å²) >= 11 is 0. The number of aliphatic carboxylic acids is 1. The van der Waals surface area contributed by atoms with Crippen LogP contribution < -0.4 is 10.6 Å². The number of fused-ring (bicyclic) bond motifs is 1. The molecule has 10 nitrogen and oxygen atoms in total. The van der Waals surface area contributed by atoms with Crippen molar-refractivity contribution >= 4 is 35.3 Å². The molecule has 164 valence electrons. The van der Waals surface area contributed by atoms with Crippen LogP contribution in [-0.4, -0.2) is 70.2 Å². The number of piperidine rings is 2. The first kappa shape index (κ1) is 20.8. The number of amides is 4. The molecule has 3 heterocycles. The smallest absolute Gasteiger partial charge is 0.306 e. The standard InChI is InChI=1S/C21H24N4O6/c26-17-5-4-16(19(28)23-17)25-11-14-13(20(25)29)2-1-3-15(14)22-10-18(27)24-8-6-12(7-9-24)21(30)31/h1-3,12,16,22H,4-11H2,(H,30,31)(H,23,26,28). The normalized spacial score (nSPS) is 21.7. The molecule has 0 aromatic heterocycles. The lowest BCUT2D eigenvalue weighted by Gasteiger charge is -2.30. The molecule has 1 unspecified atom stereocenters. The molecule has 31 heavy (non-hydrogen) atoms. The van der Waals surface area contributed by atoms with Crippen molar-refractivity contribution in [3.63, 3.8) is 0 Å². The Hall–Kier alpha value is -3.43. The topological polar surface area (TPSA) is 136 Å². The summed E-state index contributed by atoms with van der Waals surface area (Å²) in [5.41, 5.74) is 1.84. The summed E-state index contributed by atoms with van der Waals surface area (Å²) in [6.45, 7) is 1.07. The van der Waals surface area contributed by atoms with Gasteiger partial charge in [0, 0.05) is 42.9 Å². The van der Waals surface area contributed by atoms with Crippen LogP contribution in [0.4, 0.5) is 5.69 Å². The number of anilines is 1. The molecule has 1 aromatic carbocycles. The van der Waals surface area contributed by atoms with Crippen LogP contribution in [0.3, 0.4) is 0 Å². The molecular weight excluding hydrogens is 404 g/mol. The van der Waals surface area contributed by atoms with Crippen LogP contribution in [0.15, 0.2) is 18.2 Å². The highest BCUT2D eigenvalue weighted by Crippen LogP contribution is 2.32. The lowest BCUT2D eigenvalue weighted by Crippen LogP contribution is -2.52. The van der Waals surface area contributed by atoms with Gasteiger partial charge in [0.25, 0.3) is 5.91 Å². The predicted molar refractivity (Wildman–Crippen MR) is 108 cm³/mol. The van der Waals surface area contributed by atoms with Crippen molar-refractivity contribution in [1.29, 1.82) is 0 Å². The molecule has 4 amide bonds. The highest BCUT2D eigenvalue weighted by molar-refractivity contribution is 6.06. The van der Waals surface area contributed by atoms with Gasteiger partial charge in [-0.05, 0) is 31.4 Å². The number of benzene rings is 1. The van der Waals surface area contributed by atoms with Crippen molar-refractivity contribution < 1.29 is 29.1 Å². The third-order valence-electron chi connectivity index (χ3n) is 6.21. The summed E-state index contributed by atoms with van der Waals surface area (Å²) < 4.78 is 0. The molecule has 3 N–H and O–H groups in total. The zero-order valence-electron chi connectivity index (χ0n) is 16.9. The number of nitrogens with zero attached hydrogens (tertiary/aromatic N) is 2. The molecule has 0 bridgehead atoms. The van der Waals surface area contributed by atoms with Crippen LogP contribution in [0.25, 0.3) is 0 Å². The van der Waals surface area contributed by atoms with Gasteiger partial charge >= 0.3 is 5.97 Å². The molecule has 3 aliphatic heterocycles. The molecule has 0 aliphatic carbocycles. The highest BCUT2D eigenvalue weighted by atomic mass is 16.4. The van der Waals surface area contributed by atoms with E-state index >= 15 is 0 Å². The van der Waals surface area contributed by atoms with Gasteiger partial charge < -0.3 is 20.2 Å². The minimum absolute atomic E-state index is 0.0286. The van der Waals surface area contributed by atoms with E-state index in [9.17, 15) is 24.0 Å². The van der Waals surface area contributed by atoms with E-state index in [4.69, 9.17) is 5.11 Å². The molecule has 1 aromatic rings. The Kier molecular flexibility index (Phi) is 5.62. The molecule has 4 rings (SSSR count). The molecule has 0 radical (unpaired) electrons. The third-order valence-corrected chi connectivity index (χ3v) is 6.21. The Bertz CT molecular complexity index is 953.